The molecule has 1 fully saturated rings. The molecule has 2 rings (SSSR count). The molecule has 0 aromatic heterocycles. The molecule has 1 heterocycles. The van der Waals surface area contributed by atoms with E-state index in [4.69, 9.17) is 9.47 Å². The van der Waals surface area contributed by atoms with Crippen LogP contribution in [0.25, 0.3) is 0 Å². The Kier molecular flexibility index (Phi) is 7.13. The fraction of sp³-hybridized carbons (Fsp3) is 0.562. The van der Waals surface area contributed by atoms with Crippen molar-refractivity contribution in [2.24, 2.45) is 0 Å². The summed E-state index contributed by atoms with van der Waals surface area (Å²) in [5.74, 6) is 0.931. The van der Waals surface area contributed by atoms with Crippen molar-refractivity contribution in [2.75, 3.05) is 33.9 Å². The SMILES string of the molecule is COc1c(C)cc(CN(C)C(=O)C2CNCCO2)cc1C.Cl. The number of carbonyl (C=O) groups is 1. The lowest BCUT2D eigenvalue weighted by atomic mass is 10.1. The topological polar surface area (TPSA) is 50.8 Å². The van der Waals surface area contributed by atoms with Crippen molar-refractivity contribution >= 4 is 18.3 Å². The number of morpholine rings is 1. The average molecular weight is 329 g/mol. The average Bonchev–Trinajstić information content (AvgIpc) is 2.47. The number of nitrogens with one attached hydrogen (secondary N) is 1. The Balaban J connectivity index is 0.00000242. The molecule has 124 valence electrons. The fourth-order valence-corrected chi connectivity index (χ4v) is 2.77. The van der Waals surface area contributed by atoms with Gasteiger partial charge < -0.3 is 19.7 Å². The molecule has 0 bridgehead atoms. The largest absolute Gasteiger partial charge is 0.496 e. The van der Waals surface area contributed by atoms with Crippen molar-refractivity contribution in [1.29, 1.82) is 0 Å². The van der Waals surface area contributed by atoms with E-state index >= 15 is 0 Å². The summed E-state index contributed by atoms with van der Waals surface area (Å²) >= 11 is 0. The highest BCUT2D eigenvalue weighted by Crippen LogP contribution is 2.24. The Morgan fingerprint density at radius 1 is 1.41 bits per heavy atom. The van der Waals surface area contributed by atoms with Crippen LogP contribution in [-0.4, -0.2) is 50.8 Å². The molecule has 1 atom stereocenters. The van der Waals surface area contributed by atoms with Crippen LogP contribution in [0.3, 0.4) is 0 Å². The predicted octanol–water partition coefficient (Wildman–Crippen LogP) is 1.68. The third kappa shape index (κ3) is 4.35. The smallest absolute Gasteiger partial charge is 0.253 e. The Bertz CT molecular complexity index is 493. The third-order valence-corrected chi connectivity index (χ3v) is 3.72. The van der Waals surface area contributed by atoms with E-state index in [1.54, 1.807) is 12.0 Å². The van der Waals surface area contributed by atoms with E-state index in [1.165, 1.54) is 0 Å². The number of hydrogen-bond acceptors (Lipinski definition) is 4. The van der Waals surface area contributed by atoms with Crippen LogP contribution in [0.15, 0.2) is 12.1 Å². The van der Waals surface area contributed by atoms with Gasteiger partial charge in [0.25, 0.3) is 5.91 Å². The normalized spacial score (nSPS) is 17.5. The van der Waals surface area contributed by atoms with Crippen LogP contribution in [0.1, 0.15) is 16.7 Å². The summed E-state index contributed by atoms with van der Waals surface area (Å²) in [6.45, 7) is 6.60. The van der Waals surface area contributed by atoms with Gasteiger partial charge in [0.1, 0.15) is 11.9 Å². The van der Waals surface area contributed by atoms with Crippen LogP contribution in [0.5, 0.6) is 5.75 Å². The monoisotopic (exact) mass is 328 g/mol. The van der Waals surface area contributed by atoms with Crippen LogP contribution in [0.4, 0.5) is 0 Å². The zero-order valence-electron chi connectivity index (χ0n) is 13.6. The highest BCUT2D eigenvalue weighted by Gasteiger charge is 2.25. The van der Waals surface area contributed by atoms with Crippen molar-refractivity contribution in [1.82, 2.24) is 10.2 Å². The van der Waals surface area contributed by atoms with E-state index in [2.05, 4.69) is 17.4 Å². The quantitative estimate of drug-likeness (QED) is 0.913. The van der Waals surface area contributed by atoms with Crippen molar-refractivity contribution in [2.45, 2.75) is 26.5 Å². The fourth-order valence-electron chi connectivity index (χ4n) is 2.77. The first-order chi connectivity index (χ1) is 10.0. The van der Waals surface area contributed by atoms with E-state index in [9.17, 15) is 4.79 Å². The highest BCUT2D eigenvalue weighted by molar-refractivity contribution is 5.85. The Morgan fingerprint density at radius 2 is 2.05 bits per heavy atom. The molecule has 1 unspecified atom stereocenters. The second-order valence-electron chi connectivity index (χ2n) is 5.52. The first kappa shape index (κ1) is 18.7. The summed E-state index contributed by atoms with van der Waals surface area (Å²) in [4.78, 5) is 14.1. The van der Waals surface area contributed by atoms with E-state index in [-0.39, 0.29) is 24.4 Å². The number of halogens is 1. The van der Waals surface area contributed by atoms with Gasteiger partial charge in [0.05, 0.1) is 13.7 Å². The van der Waals surface area contributed by atoms with E-state index in [0.717, 1.165) is 29.0 Å². The molecular formula is C16H25ClN2O3. The van der Waals surface area contributed by atoms with Gasteiger partial charge in [-0.2, -0.15) is 0 Å². The number of hydrogen-bond donors (Lipinski definition) is 1. The van der Waals surface area contributed by atoms with Crippen LogP contribution in [-0.2, 0) is 16.1 Å². The Morgan fingerprint density at radius 3 is 2.55 bits per heavy atom. The second kappa shape index (κ2) is 8.36. The van der Waals surface area contributed by atoms with Crippen LogP contribution >= 0.6 is 12.4 Å². The van der Waals surface area contributed by atoms with Gasteiger partial charge in [-0.25, -0.2) is 0 Å². The van der Waals surface area contributed by atoms with E-state index in [0.29, 0.717) is 19.7 Å². The number of aryl methyl sites for hydroxylation is 2. The summed E-state index contributed by atoms with van der Waals surface area (Å²) in [5, 5.41) is 3.18. The zero-order valence-corrected chi connectivity index (χ0v) is 14.5. The van der Waals surface area contributed by atoms with Crippen molar-refractivity contribution < 1.29 is 14.3 Å². The molecule has 1 N–H and O–H groups in total. The molecule has 1 aliphatic heterocycles. The summed E-state index contributed by atoms with van der Waals surface area (Å²) < 4.78 is 10.9. The Hall–Kier alpha value is -1.30. The molecule has 0 radical (unpaired) electrons. The molecule has 1 saturated heterocycles. The number of amides is 1. The van der Waals surface area contributed by atoms with Gasteiger partial charge >= 0.3 is 0 Å². The standard InChI is InChI=1S/C16H24N2O3.ClH/c1-11-7-13(8-12(2)15(11)20-4)10-18(3)16(19)14-9-17-5-6-21-14;/h7-8,14,17H,5-6,9-10H2,1-4H3;1H. The number of rotatable bonds is 4. The highest BCUT2D eigenvalue weighted by atomic mass is 35.5. The van der Waals surface area contributed by atoms with Gasteiger partial charge in [0.15, 0.2) is 0 Å². The minimum atomic E-state index is -0.371. The van der Waals surface area contributed by atoms with Gasteiger partial charge in [0, 0.05) is 26.7 Å². The lowest BCUT2D eigenvalue weighted by Gasteiger charge is -2.27. The van der Waals surface area contributed by atoms with Crippen molar-refractivity contribution in [3.05, 3.63) is 28.8 Å². The molecule has 0 spiro atoms. The molecule has 0 saturated carbocycles. The van der Waals surface area contributed by atoms with Crippen LogP contribution in [0.2, 0.25) is 0 Å². The third-order valence-electron chi connectivity index (χ3n) is 3.72. The molecule has 1 aromatic rings. The maximum absolute atomic E-state index is 12.3. The minimum Gasteiger partial charge on any atom is -0.496 e. The summed E-state index contributed by atoms with van der Waals surface area (Å²) in [6, 6.07) is 4.13. The van der Waals surface area contributed by atoms with Gasteiger partial charge in [0.2, 0.25) is 0 Å². The molecule has 1 amide bonds. The molecular weight excluding hydrogens is 304 g/mol. The van der Waals surface area contributed by atoms with E-state index < -0.39 is 0 Å². The van der Waals surface area contributed by atoms with Crippen molar-refractivity contribution in [3.8, 4) is 5.75 Å². The maximum Gasteiger partial charge on any atom is 0.253 e. The van der Waals surface area contributed by atoms with Gasteiger partial charge in [-0.15, -0.1) is 12.4 Å². The lowest BCUT2D eigenvalue weighted by Crippen LogP contribution is -2.48. The number of nitrogens with zero attached hydrogens (tertiary/aromatic N) is 1. The minimum absolute atomic E-state index is 0. The zero-order chi connectivity index (χ0) is 15.4. The molecule has 5 nitrogen and oxygen atoms in total. The van der Waals surface area contributed by atoms with Crippen molar-refractivity contribution in [3.63, 3.8) is 0 Å². The summed E-state index contributed by atoms with van der Waals surface area (Å²) in [6.07, 6.45) is -0.371. The molecule has 1 aromatic carbocycles. The summed E-state index contributed by atoms with van der Waals surface area (Å²) in [7, 11) is 3.49. The Labute approximate surface area is 138 Å². The van der Waals surface area contributed by atoms with Crippen LogP contribution < -0.4 is 10.1 Å². The molecule has 1 aliphatic rings. The van der Waals surface area contributed by atoms with Gasteiger partial charge in [-0.05, 0) is 30.5 Å². The van der Waals surface area contributed by atoms with E-state index in [1.807, 2.05) is 20.9 Å². The maximum atomic E-state index is 12.3. The molecule has 0 aliphatic carbocycles. The lowest BCUT2D eigenvalue weighted by molar-refractivity contribution is -0.144. The summed E-state index contributed by atoms with van der Waals surface area (Å²) in [5.41, 5.74) is 3.28. The van der Waals surface area contributed by atoms with Crippen LogP contribution in [0, 0.1) is 13.8 Å². The second-order valence-corrected chi connectivity index (χ2v) is 5.52. The number of carbonyl (C=O) groups excluding carboxylic acids is 1. The van der Waals surface area contributed by atoms with Gasteiger partial charge in [-0.1, -0.05) is 12.1 Å². The first-order valence-corrected chi connectivity index (χ1v) is 7.24. The predicted molar refractivity (Wildman–Crippen MR) is 88.8 cm³/mol. The number of ether oxygens (including phenoxy) is 2. The molecule has 22 heavy (non-hydrogen) atoms. The number of likely N-dealkylation sites (N-methyl/N-ethyl adjacent to an activating group) is 1. The number of methoxy groups -OCH3 is 1. The van der Waals surface area contributed by atoms with Gasteiger partial charge in [-0.3, -0.25) is 4.79 Å². The first-order valence-electron chi connectivity index (χ1n) is 7.24. The number of benzene rings is 1. The molecule has 6 heteroatoms.